The molecule has 0 heterocycles. The smallest absolute Gasteiger partial charge is 0.253 e. The summed E-state index contributed by atoms with van der Waals surface area (Å²) in [7, 11) is 0. The van der Waals surface area contributed by atoms with Crippen LogP contribution >= 0.6 is 0 Å². The molecular formula is C21H24N2O3. The van der Waals surface area contributed by atoms with Crippen LogP contribution < -0.4 is 21.5 Å². The Balaban J connectivity index is 2.16. The number of nitrogens with one attached hydrogen (secondary N) is 2. The number of allylic oxidation sites excluding steroid dienone is 3. The number of hydrogen-bond donors (Lipinski definition) is 3. The Bertz CT molecular complexity index is 901. The Kier molecular flexibility index (Phi) is 6.55. The topological polar surface area (TPSA) is 78.4 Å². The van der Waals surface area contributed by atoms with Crippen LogP contribution in [0.15, 0.2) is 75.7 Å². The zero-order chi connectivity index (χ0) is 19.1. The van der Waals surface area contributed by atoms with Gasteiger partial charge in [0.25, 0.3) is 10.9 Å². The minimum atomic E-state index is -0.564. The van der Waals surface area contributed by atoms with Crippen LogP contribution in [-0.4, -0.2) is 5.11 Å². The molecular weight excluding hydrogens is 328 g/mol. The Morgan fingerprint density at radius 1 is 1.15 bits per heavy atom. The lowest BCUT2D eigenvalue weighted by Gasteiger charge is -2.17. The van der Waals surface area contributed by atoms with Crippen molar-refractivity contribution in [3.63, 3.8) is 0 Å². The second-order valence-electron chi connectivity index (χ2n) is 6.06. The van der Waals surface area contributed by atoms with Gasteiger partial charge in [0.05, 0.1) is 5.76 Å². The van der Waals surface area contributed by atoms with Crippen molar-refractivity contribution in [3.05, 3.63) is 92.1 Å². The van der Waals surface area contributed by atoms with Gasteiger partial charge >= 0.3 is 0 Å². The molecule has 0 unspecified atom stereocenters. The normalized spacial score (nSPS) is 12.6. The molecule has 5 heteroatoms. The predicted octanol–water partition coefficient (Wildman–Crippen LogP) is 4.01. The van der Waals surface area contributed by atoms with E-state index in [0.29, 0.717) is 12.2 Å². The molecule has 0 radical (unpaired) electrons. The highest BCUT2D eigenvalue weighted by atomic mass is 16.3. The fourth-order valence-electron chi connectivity index (χ4n) is 2.45. The molecule has 0 saturated carbocycles. The van der Waals surface area contributed by atoms with Crippen molar-refractivity contribution in [2.45, 2.75) is 33.2 Å². The van der Waals surface area contributed by atoms with Gasteiger partial charge in [-0.1, -0.05) is 49.9 Å². The first-order valence-electron chi connectivity index (χ1n) is 8.55. The van der Waals surface area contributed by atoms with Crippen LogP contribution in [-0.2, 0) is 6.54 Å². The molecule has 2 aromatic carbocycles. The first kappa shape index (κ1) is 19.2. The number of rotatable bonds is 9. The molecule has 136 valence electrons. The highest BCUT2D eigenvalue weighted by Crippen LogP contribution is 2.21. The van der Waals surface area contributed by atoms with Gasteiger partial charge in [-0.25, -0.2) is 0 Å². The summed E-state index contributed by atoms with van der Waals surface area (Å²) in [5.74, 6) is 0.241. The lowest BCUT2D eigenvalue weighted by molar-refractivity contribution is 0.389. The average molecular weight is 352 g/mol. The standard InChI is InChI=1S/C21H24N2O3/c1-4-9-16(12-17(24)14(3)5-2)23-19-18(20(25)21(19)26)22-13-15-10-7-6-8-11-15/h4,6-11,22-24H,1,5,12-13H2,2-3H3/b16-9+,17-14+. The van der Waals surface area contributed by atoms with Gasteiger partial charge in [-0.05, 0) is 30.6 Å². The van der Waals surface area contributed by atoms with Crippen LogP contribution in [0.3, 0.4) is 0 Å². The second kappa shape index (κ2) is 8.85. The fourth-order valence-corrected chi connectivity index (χ4v) is 2.45. The van der Waals surface area contributed by atoms with Crippen LogP contribution in [0.4, 0.5) is 11.4 Å². The minimum absolute atomic E-state index is 0.223. The molecule has 2 aromatic rings. The molecule has 0 amide bonds. The Labute approximate surface area is 153 Å². The fraction of sp³-hybridized carbons (Fsp3) is 0.238. The first-order valence-corrected chi connectivity index (χ1v) is 8.55. The molecule has 5 nitrogen and oxygen atoms in total. The Morgan fingerprint density at radius 2 is 1.81 bits per heavy atom. The number of benzene rings is 1. The summed E-state index contributed by atoms with van der Waals surface area (Å²) in [6.07, 6.45) is 4.22. The van der Waals surface area contributed by atoms with Crippen molar-refractivity contribution < 1.29 is 5.11 Å². The molecule has 0 aromatic heterocycles. The molecule has 0 spiro atoms. The van der Waals surface area contributed by atoms with Crippen molar-refractivity contribution in [3.8, 4) is 0 Å². The average Bonchev–Trinajstić information content (AvgIpc) is 2.66. The summed E-state index contributed by atoms with van der Waals surface area (Å²) in [6, 6.07) is 9.61. The molecule has 26 heavy (non-hydrogen) atoms. The maximum absolute atomic E-state index is 12.0. The van der Waals surface area contributed by atoms with Gasteiger partial charge < -0.3 is 15.7 Å². The molecule has 0 aliphatic carbocycles. The van der Waals surface area contributed by atoms with Gasteiger partial charge in [-0.15, -0.1) is 0 Å². The maximum Gasteiger partial charge on any atom is 0.253 e. The third kappa shape index (κ3) is 4.51. The molecule has 0 saturated heterocycles. The summed E-state index contributed by atoms with van der Waals surface area (Å²) >= 11 is 0. The van der Waals surface area contributed by atoms with Crippen molar-refractivity contribution >= 4 is 11.4 Å². The number of hydrogen-bond acceptors (Lipinski definition) is 5. The van der Waals surface area contributed by atoms with E-state index in [1.54, 1.807) is 12.2 Å². The Hall–Kier alpha value is -3.08. The van der Waals surface area contributed by atoms with Crippen molar-refractivity contribution in [1.82, 2.24) is 0 Å². The quantitative estimate of drug-likeness (QED) is 0.361. The number of aliphatic hydroxyl groups excluding tert-OH is 1. The predicted molar refractivity (Wildman–Crippen MR) is 107 cm³/mol. The van der Waals surface area contributed by atoms with Crippen LogP contribution in [0.1, 0.15) is 32.3 Å². The molecule has 2 rings (SSSR count). The summed E-state index contributed by atoms with van der Waals surface area (Å²) in [4.78, 5) is 23.9. The van der Waals surface area contributed by atoms with Gasteiger partial charge in [0.1, 0.15) is 11.4 Å². The van der Waals surface area contributed by atoms with E-state index in [0.717, 1.165) is 17.6 Å². The summed E-state index contributed by atoms with van der Waals surface area (Å²) in [5, 5.41) is 16.1. The van der Waals surface area contributed by atoms with E-state index in [9.17, 15) is 14.7 Å². The number of aliphatic hydroxyl groups is 1. The molecule has 0 aliphatic heterocycles. The largest absolute Gasteiger partial charge is 0.512 e. The van der Waals surface area contributed by atoms with E-state index in [1.807, 2.05) is 44.2 Å². The zero-order valence-electron chi connectivity index (χ0n) is 15.1. The van der Waals surface area contributed by atoms with E-state index in [1.165, 1.54) is 0 Å². The second-order valence-corrected chi connectivity index (χ2v) is 6.06. The van der Waals surface area contributed by atoms with Crippen LogP contribution in [0.25, 0.3) is 0 Å². The third-order valence-electron chi connectivity index (χ3n) is 4.21. The molecule has 0 fully saturated rings. The first-order chi connectivity index (χ1) is 12.5. The van der Waals surface area contributed by atoms with Crippen molar-refractivity contribution in [2.24, 2.45) is 0 Å². The highest BCUT2D eigenvalue weighted by molar-refractivity contribution is 5.75. The SMILES string of the molecule is C=C/C=C(\C/C(O)=C(/C)CC)Nc1c(NCc2ccccc2)c(=O)c1=O. The van der Waals surface area contributed by atoms with Gasteiger partial charge in [0.15, 0.2) is 0 Å². The Morgan fingerprint density at radius 3 is 2.42 bits per heavy atom. The van der Waals surface area contributed by atoms with E-state index in [-0.39, 0.29) is 23.6 Å². The van der Waals surface area contributed by atoms with Crippen LogP contribution in [0.5, 0.6) is 0 Å². The van der Waals surface area contributed by atoms with Crippen molar-refractivity contribution in [2.75, 3.05) is 10.6 Å². The molecule has 0 bridgehead atoms. The van der Waals surface area contributed by atoms with Gasteiger partial charge in [0, 0.05) is 18.7 Å². The summed E-state index contributed by atoms with van der Waals surface area (Å²) in [6.45, 7) is 7.91. The lowest BCUT2D eigenvalue weighted by atomic mass is 10.1. The number of anilines is 2. The zero-order valence-corrected chi connectivity index (χ0v) is 15.1. The van der Waals surface area contributed by atoms with Crippen LogP contribution in [0, 0.1) is 0 Å². The van der Waals surface area contributed by atoms with E-state index in [4.69, 9.17) is 0 Å². The van der Waals surface area contributed by atoms with Crippen molar-refractivity contribution in [1.29, 1.82) is 0 Å². The third-order valence-corrected chi connectivity index (χ3v) is 4.21. The molecule has 3 N–H and O–H groups in total. The van der Waals surface area contributed by atoms with E-state index < -0.39 is 10.9 Å². The molecule has 0 aliphatic rings. The van der Waals surface area contributed by atoms with E-state index in [2.05, 4.69) is 17.2 Å². The van der Waals surface area contributed by atoms with Gasteiger partial charge in [-0.2, -0.15) is 0 Å². The van der Waals surface area contributed by atoms with Crippen LogP contribution in [0.2, 0.25) is 0 Å². The molecule has 0 atom stereocenters. The maximum atomic E-state index is 12.0. The summed E-state index contributed by atoms with van der Waals surface area (Å²) < 4.78 is 0. The minimum Gasteiger partial charge on any atom is -0.512 e. The van der Waals surface area contributed by atoms with Gasteiger partial charge in [-0.3, -0.25) is 9.59 Å². The summed E-state index contributed by atoms with van der Waals surface area (Å²) in [5.41, 5.74) is 1.87. The highest BCUT2D eigenvalue weighted by Gasteiger charge is 2.21. The van der Waals surface area contributed by atoms with Gasteiger partial charge in [0.2, 0.25) is 0 Å². The monoisotopic (exact) mass is 352 g/mol. The van der Waals surface area contributed by atoms with E-state index >= 15 is 0 Å². The lowest BCUT2D eigenvalue weighted by Crippen LogP contribution is -2.37.